The number of rotatable bonds is 5. The molecule has 3 rings (SSSR count). The van der Waals surface area contributed by atoms with E-state index in [4.69, 9.17) is 4.42 Å². The molecule has 116 valence electrons. The van der Waals surface area contributed by atoms with E-state index in [9.17, 15) is 4.79 Å². The number of benzene rings is 1. The van der Waals surface area contributed by atoms with Crippen LogP contribution in [0.25, 0.3) is 10.9 Å². The number of amides is 1. The number of allylic oxidation sites excluding steroid dienone is 1. The zero-order chi connectivity index (χ0) is 16.2. The van der Waals surface area contributed by atoms with Gasteiger partial charge in [0.05, 0.1) is 12.5 Å². The zero-order valence-corrected chi connectivity index (χ0v) is 12.8. The highest BCUT2D eigenvalue weighted by molar-refractivity contribution is 6.01. The summed E-state index contributed by atoms with van der Waals surface area (Å²) in [7, 11) is 0. The number of carbonyl (C=O) groups is 1. The number of fused-ring (bicyclic) bond motifs is 1. The number of hydrogen-bond donors (Lipinski definition) is 1. The number of aromatic nitrogens is 1. The van der Waals surface area contributed by atoms with Gasteiger partial charge in [-0.25, -0.2) is 5.43 Å². The maximum atomic E-state index is 11.8. The van der Waals surface area contributed by atoms with Gasteiger partial charge in [-0.05, 0) is 25.1 Å². The number of para-hydroxylation sites is 1. The predicted molar refractivity (Wildman–Crippen MR) is 90.6 cm³/mol. The van der Waals surface area contributed by atoms with Crippen molar-refractivity contribution in [2.75, 3.05) is 0 Å². The highest BCUT2D eigenvalue weighted by Gasteiger charge is 2.11. The van der Waals surface area contributed by atoms with Gasteiger partial charge in [-0.2, -0.15) is 5.10 Å². The van der Waals surface area contributed by atoms with Gasteiger partial charge < -0.3 is 8.98 Å². The van der Waals surface area contributed by atoms with Gasteiger partial charge in [-0.15, -0.1) is 6.58 Å². The van der Waals surface area contributed by atoms with Crippen LogP contribution in [-0.4, -0.2) is 16.7 Å². The minimum Gasteiger partial charge on any atom is -0.459 e. The van der Waals surface area contributed by atoms with Crippen LogP contribution in [0.1, 0.15) is 21.8 Å². The first-order valence-electron chi connectivity index (χ1n) is 7.28. The third kappa shape index (κ3) is 2.81. The van der Waals surface area contributed by atoms with E-state index in [-0.39, 0.29) is 11.7 Å². The lowest BCUT2D eigenvalue weighted by Gasteiger charge is -2.03. The van der Waals surface area contributed by atoms with Crippen molar-refractivity contribution in [3.8, 4) is 0 Å². The molecular weight excluding hydrogens is 290 g/mol. The molecular formula is C18H17N3O2. The van der Waals surface area contributed by atoms with Crippen LogP contribution in [-0.2, 0) is 6.54 Å². The Labute approximate surface area is 133 Å². The minimum atomic E-state index is -0.376. The number of nitrogens with zero attached hydrogens (tertiary/aromatic N) is 2. The lowest BCUT2D eigenvalue weighted by atomic mass is 10.1. The van der Waals surface area contributed by atoms with Gasteiger partial charge in [0.2, 0.25) is 0 Å². The van der Waals surface area contributed by atoms with E-state index in [1.165, 1.54) is 6.26 Å². The summed E-state index contributed by atoms with van der Waals surface area (Å²) in [5.41, 5.74) is 5.63. The average Bonchev–Trinajstić information content (AvgIpc) is 3.18. The third-order valence-corrected chi connectivity index (χ3v) is 3.70. The summed E-state index contributed by atoms with van der Waals surface area (Å²) in [6.45, 7) is 6.55. The molecule has 0 radical (unpaired) electrons. The molecule has 0 aliphatic heterocycles. The fraction of sp³-hybridized carbons (Fsp3) is 0.111. The molecule has 0 aliphatic rings. The number of hydrogen-bond acceptors (Lipinski definition) is 3. The Balaban J connectivity index is 1.90. The van der Waals surface area contributed by atoms with E-state index >= 15 is 0 Å². The maximum Gasteiger partial charge on any atom is 0.307 e. The largest absolute Gasteiger partial charge is 0.459 e. The van der Waals surface area contributed by atoms with E-state index in [1.54, 1.807) is 18.3 Å². The van der Waals surface area contributed by atoms with E-state index in [0.29, 0.717) is 0 Å². The van der Waals surface area contributed by atoms with Gasteiger partial charge in [0, 0.05) is 28.7 Å². The molecule has 5 nitrogen and oxygen atoms in total. The highest BCUT2D eigenvalue weighted by atomic mass is 16.3. The molecule has 2 heterocycles. The molecule has 1 N–H and O–H groups in total. The maximum absolute atomic E-state index is 11.8. The summed E-state index contributed by atoms with van der Waals surface area (Å²) in [5, 5.41) is 5.14. The van der Waals surface area contributed by atoms with Crippen LogP contribution in [0, 0.1) is 6.92 Å². The van der Waals surface area contributed by atoms with Crippen molar-refractivity contribution < 1.29 is 9.21 Å². The minimum absolute atomic E-state index is 0.230. The standard InChI is InChI=1S/C18H17N3O2/c1-3-10-21-13(2)15(14-7-4-5-8-16(14)21)12-19-20-18(22)17-9-6-11-23-17/h3-9,11-12H,1,10H2,2H3,(H,20,22)/b19-12+. The number of furan rings is 1. The van der Waals surface area contributed by atoms with Gasteiger partial charge in [-0.3, -0.25) is 4.79 Å². The normalized spacial score (nSPS) is 11.2. The predicted octanol–water partition coefficient (Wildman–Crippen LogP) is 3.49. The second-order valence-electron chi connectivity index (χ2n) is 5.09. The summed E-state index contributed by atoms with van der Waals surface area (Å²) in [6, 6.07) is 11.3. The number of nitrogens with one attached hydrogen (secondary N) is 1. The van der Waals surface area contributed by atoms with Crippen LogP contribution in [0.15, 0.2) is 64.8 Å². The first-order valence-corrected chi connectivity index (χ1v) is 7.28. The molecule has 0 spiro atoms. The number of carbonyl (C=O) groups excluding carboxylic acids is 1. The lowest BCUT2D eigenvalue weighted by molar-refractivity contribution is 0.0927. The first kappa shape index (κ1) is 14.8. The van der Waals surface area contributed by atoms with Gasteiger partial charge >= 0.3 is 5.91 Å². The van der Waals surface area contributed by atoms with Gasteiger partial charge in [0.15, 0.2) is 5.76 Å². The zero-order valence-electron chi connectivity index (χ0n) is 12.8. The molecule has 0 aliphatic carbocycles. The van der Waals surface area contributed by atoms with Crippen LogP contribution < -0.4 is 5.43 Å². The third-order valence-electron chi connectivity index (χ3n) is 3.70. The number of hydrazone groups is 1. The van der Waals surface area contributed by atoms with Crippen LogP contribution in [0.4, 0.5) is 0 Å². The molecule has 2 aromatic heterocycles. The van der Waals surface area contributed by atoms with Gasteiger partial charge in [0.1, 0.15) is 0 Å². The van der Waals surface area contributed by atoms with Crippen molar-refractivity contribution in [3.63, 3.8) is 0 Å². The topological polar surface area (TPSA) is 59.5 Å². The summed E-state index contributed by atoms with van der Waals surface area (Å²) < 4.78 is 7.19. The molecule has 0 atom stereocenters. The Bertz CT molecular complexity index is 873. The fourth-order valence-corrected chi connectivity index (χ4v) is 2.60. The summed E-state index contributed by atoms with van der Waals surface area (Å²) in [6.07, 6.45) is 4.98. The van der Waals surface area contributed by atoms with Crippen LogP contribution in [0.5, 0.6) is 0 Å². The van der Waals surface area contributed by atoms with Crippen molar-refractivity contribution in [1.29, 1.82) is 0 Å². The molecule has 1 amide bonds. The molecule has 5 heteroatoms. The Hall–Kier alpha value is -3.08. The summed E-state index contributed by atoms with van der Waals surface area (Å²) in [4.78, 5) is 11.8. The molecule has 0 bridgehead atoms. The van der Waals surface area contributed by atoms with Crippen LogP contribution in [0.2, 0.25) is 0 Å². The van der Waals surface area contributed by atoms with E-state index in [1.807, 2.05) is 31.2 Å². The van der Waals surface area contributed by atoms with Crippen molar-refractivity contribution in [2.24, 2.45) is 5.10 Å². The molecule has 0 saturated carbocycles. The Morgan fingerprint density at radius 3 is 2.91 bits per heavy atom. The van der Waals surface area contributed by atoms with Crippen molar-refractivity contribution in [3.05, 3.63) is 72.3 Å². The van der Waals surface area contributed by atoms with Crippen LogP contribution in [0.3, 0.4) is 0 Å². The molecule has 1 aromatic carbocycles. The van der Waals surface area contributed by atoms with Gasteiger partial charge in [-0.1, -0.05) is 24.3 Å². The van der Waals surface area contributed by atoms with E-state index in [0.717, 1.165) is 28.7 Å². The Morgan fingerprint density at radius 1 is 1.35 bits per heavy atom. The Morgan fingerprint density at radius 2 is 2.17 bits per heavy atom. The summed E-state index contributed by atoms with van der Waals surface area (Å²) in [5.74, 6) is -0.147. The average molecular weight is 307 g/mol. The Kier molecular flexibility index (Phi) is 4.10. The van der Waals surface area contributed by atoms with Gasteiger partial charge in [0.25, 0.3) is 0 Å². The first-order chi connectivity index (χ1) is 11.2. The fourth-order valence-electron chi connectivity index (χ4n) is 2.60. The lowest BCUT2D eigenvalue weighted by Crippen LogP contribution is -2.16. The molecule has 0 fully saturated rings. The highest BCUT2D eigenvalue weighted by Crippen LogP contribution is 2.24. The monoisotopic (exact) mass is 307 g/mol. The molecule has 0 unspecified atom stereocenters. The van der Waals surface area contributed by atoms with E-state index < -0.39 is 0 Å². The van der Waals surface area contributed by atoms with Crippen molar-refractivity contribution in [1.82, 2.24) is 9.99 Å². The second kappa shape index (κ2) is 6.36. The summed E-state index contributed by atoms with van der Waals surface area (Å²) >= 11 is 0. The molecule has 3 aromatic rings. The SMILES string of the molecule is C=CCn1c(C)c(/C=N/NC(=O)c2ccco2)c2ccccc21. The second-order valence-corrected chi connectivity index (χ2v) is 5.09. The van der Waals surface area contributed by atoms with Crippen molar-refractivity contribution >= 4 is 23.0 Å². The van der Waals surface area contributed by atoms with Crippen molar-refractivity contribution in [2.45, 2.75) is 13.5 Å². The molecule has 0 saturated heterocycles. The van der Waals surface area contributed by atoms with E-state index in [2.05, 4.69) is 27.7 Å². The van der Waals surface area contributed by atoms with Crippen LogP contribution >= 0.6 is 0 Å². The quantitative estimate of drug-likeness (QED) is 0.445. The smallest absolute Gasteiger partial charge is 0.307 e. The molecule has 23 heavy (non-hydrogen) atoms.